The lowest BCUT2D eigenvalue weighted by Gasteiger charge is -2.21. The lowest BCUT2D eigenvalue weighted by Crippen LogP contribution is -2.30. The van der Waals surface area contributed by atoms with Gasteiger partial charge in [0.15, 0.2) is 12.2 Å². The molecule has 0 radical (unpaired) electrons. The topological polar surface area (TPSA) is 237 Å². The molecule has 5 atom stereocenters. The van der Waals surface area contributed by atoms with Crippen molar-refractivity contribution in [1.29, 1.82) is 0 Å². The van der Waals surface area contributed by atoms with Gasteiger partial charge < -0.3 is 33.8 Å². The maximum Gasteiger partial charge on any atom is 0.472 e. The average molecular weight is 1270 g/mol. The molecule has 0 aromatic carbocycles. The summed E-state index contributed by atoms with van der Waals surface area (Å²) in [6.07, 6.45) is 49.2. The third kappa shape index (κ3) is 60.9. The molecule has 0 aromatic heterocycles. The van der Waals surface area contributed by atoms with Gasteiger partial charge in [-0.25, -0.2) is 9.13 Å². The molecular formula is C67H130O17P2. The molecule has 0 aliphatic carbocycles. The number of esters is 4. The first kappa shape index (κ1) is 84.1. The summed E-state index contributed by atoms with van der Waals surface area (Å²) in [6.45, 7) is 4.79. The highest BCUT2D eigenvalue weighted by Crippen LogP contribution is 2.45. The number of carbonyl (C=O) groups is 4. The van der Waals surface area contributed by atoms with Gasteiger partial charge in [-0.3, -0.25) is 37.3 Å². The van der Waals surface area contributed by atoms with E-state index in [2.05, 4.69) is 27.7 Å². The normalized spacial score (nSPS) is 14.1. The Morgan fingerprint density at radius 1 is 0.279 bits per heavy atom. The summed E-state index contributed by atoms with van der Waals surface area (Å²) in [5.41, 5.74) is 0. The fraction of sp³-hybridized carbons (Fsp3) is 0.940. The van der Waals surface area contributed by atoms with Crippen LogP contribution in [0.4, 0.5) is 0 Å². The maximum absolute atomic E-state index is 13.0. The van der Waals surface area contributed by atoms with Gasteiger partial charge in [0.25, 0.3) is 0 Å². The maximum atomic E-state index is 13.0. The summed E-state index contributed by atoms with van der Waals surface area (Å²) in [7, 11) is -9.88. The SMILES string of the molecule is CCCCCCCCCCCCCCCCCCCC(=O)OC[C@H](COP(=O)(O)OC[C@@H](O)COP(=O)(O)OC[C@@H](COC(=O)CCCCCCC)OC(=O)CCCCCCCCC)OC(=O)CCCCCCCCCCCCCCCCCCC. The van der Waals surface area contributed by atoms with E-state index in [9.17, 15) is 43.2 Å². The zero-order valence-electron chi connectivity index (χ0n) is 55.3. The highest BCUT2D eigenvalue weighted by atomic mass is 31.2. The van der Waals surface area contributed by atoms with Gasteiger partial charge in [-0.1, -0.05) is 297 Å². The smallest absolute Gasteiger partial charge is 0.462 e. The number of hydrogen-bond donors (Lipinski definition) is 3. The summed E-state index contributed by atoms with van der Waals surface area (Å²) in [6, 6.07) is 0. The van der Waals surface area contributed by atoms with Crippen molar-refractivity contribution >= 4 is 39.5 Å². The van der Waals surface area contributed by atoms with Crippen LogP contribution >= 0.6 is 15.6 Å². The predicted molar refractivity (Wildman–Crippen MR) is 345 cm³/mol. The first-order chi connectivity index (χ1) is 41.7. The van der Waals surface area contributed by atoms with E-state index in [4.69, 9.17) is 37.0 Å². The van der Waals surface area contributed by atoms with Crippen LogP contribution in [0.15, 0.2) is 0 Å². The number of ether oxygens (including phenoxy) is 4. The average Bonchev–Trinajstić information content (AvgIpc) is 3.56. The minimum Gasteiger partial charge on any atom is -0.462 e. The van der Waals surface area contributed by atoms with Gasteiger partial charge in [-0.15, -0.1) is 0 Å². The van der Waals surface area contributed by atoms with Gasteiger partial charge in [-0.2, -0.15) is 0 Å². The third-order valence-corrected chi connectivity index (χ3v) is 17.5. The molecule has 510 valence electrons. The summed E-state index contributed by atoms with van der Waals surface area (Å²) in [4.78, 5) is 72.0. The minimum absolute atomic E-state index is 0.103. The van der Waals surface area contributed by atoms with Gasteiger partial charge in [0.1, 0.15) is 19.3 Å². The molecule has 0 saturated heterocycles. The van der Waals surface area contributed by atoms with Crippen LogP contribution in [-0.2, 0) is 65.4 Å². The zero-order chi connectivity index (χ0) is 63.3. The summed E-state index contributed by atoms with van der Waals surface area (Å²) < 4.78 is 67.8. The Hall–Kier alpha value is -1.94. The molecule has 2 unspecified atom stereocenters. The molecule has 0 aliphatic rings. The van der Waals surface area contributed by atoms with Crippen LogP contribution in [0.5, 0.6) is 0 Å². The summed E-state index contributed by atoms with van der Waals surface area (Å²) in [5, 5.41) is 10.5. The Morgan fingerprint density at radius 2 is 0.465 bits per heavy atom. The van der Waals surface area contributed by atoms with Gasteiger partial charge in [0.05, 0.1) is 26.4 Å². The standard InChI is InChI=1S/C67H130O17P2/c1-5-9-13-17-20-22-24-26-28-30-32-34-36-38-41-44-48-52-65(70)78-58-63(84-67(72)54-50-46-42-39-37-35-33-31-29-27-25-23-21-18-14-10-6-2)60-82-86(75,76)80-56-61(68)55-79-85(73,74)81-59-62(57-77-64(69)51-47-43-16-12-8-4)83-66(71)53-49-45-40-19-15-11-7-3/h61-63,68H,5-60H2,1-4H3,(H,73,74)(H,75,76)/t61-,62+,63+/m0/s1. The quantitative estimate of drug-likeness (QED) is 0.0222. The van der Waals surface area contributed by atoms with Crippen molar-refractivity contribution in [3.63, 3.8) is 0 Å². The molecule has 0 aromatic rings. The van der Waals surface area contributed by atoms with Crippen molar-refractivity contribution < 1.29 is 80.2 Å². The van der Waals surface area contributed by atoms with Gasteiger partial charge in [0.2, 0.25) is 0 Å². The van der Waals surface area contributed by atoms with Crippen molar-refractivity contribution in [1.82, 2.24) is 0 Å². The molecule has 17 nitrogen and oxygen atoms in total. The van der Waals surface area contributed by atoms with Crippen LogP contribution < -0.4 is 0 Å². The van der Waals surface area contributed by atoms with Gasteiger partial charge >= 0.3 is 39.5 Å². The van der Waals surface area contributed by atoms with Crippen LogP contribution in [0.2, 0.25) is 0 Å². The zero-order valence-corrected chi connectivity index (χ0v) is 57.1. The van der Waals surface area contributed by atoms with Crippen LogP contribution in [0.1, 0.15) is 349 Å². The molecule has 3 N–H and O–H groups in total. The van der Waals surface area contributed by atoms with Crippen molar-refractivity contribution in [2.24, 2.45) is 0 Å². The molecule has 0 aliphatic heterocycles. The van der Waals surface area contributed by atoms with Crippen LogP contribution in [-0.4, -0.2) is 96.7 Å². The molecule has 0 fully saturated rings. The summed E-state index contributed by atoms with van der Waals surface area (Å²) in [5.74, 6) is -2.14. The van der Waals surface area contributed by atoms with E-state index in [1.165, 1.54) is 161 Å². The molecule has 0 rings (SSSR count). The third-order valence-electron chi connectivity index (χ3n) is 15.6. The number of aliphatic hydroxyl groups is 1. The molecular weight excluding hydrogens is 1140 g/mol. The highest BCUT2D eigenvalue weighted by Gasteiger charge is 2.30. The highest BCUT2D eigenvalue weighted by molar-refractivity contribution is 7.47. The predicted octanol–water partition coefficient (Wildman–Crippen LogP) is 19.1. The Bertz CT molecular complexity index is 1650. The molecule has 0 saturated carbocycles. The second-order valence-electron chi connectivity index (χ2n) is 24.2. The van der Waals surface area contributed by atoms with E-state index in [1.54, 1.807) is 0 Å². The Labute approximate surface area is 524 Å². The number of carbonyl (C=O) groups excluding carboxylic acids is 4. The van der Waals surface area contributed by atoms with E-state index < -0.39 is 97.5 Å². The number of phosphoric ester groups is 2. The monoisotopic (exact) mass is 1270 g/mol. The van der Waals surface area contributed by atoms with E-state index in [1.807, 2.05) is 0 Å². The van der Waals surface area contributed by atoms with Crippen LogP contribution in [0, 0.1) is 0 Å². The fourth-order valence-electron chi connectivity index (χ4n) is 10.2. The van der Waals surface area contributed by atoms with E-state index >= 15 is 0 Å². The molecule has 86 heavy (non-hydrogen) atoms. The van der Waals surface area contributed by atoms with Crippen molar-refractivity contribution in [3.8, 4) is 0 Å². The fourth-order valence-corrected chi connectivity index (χ4v) is 11.7. The Balaban J connectivity index is 5.11. The number of aliphatic hydroxyl groups excluding tert-OH is 1. The number of unbranched alkanes of at least 4 members (excludes halogenated alkanes) is 42. The van der Waals surface area contributed by atoms with Gasteiger partial charge in [-0.05, 0) is 25.7 Å². The number of rotatable bonds is 68. The number of phosphoric acid groups is 2. The van der Waals surface area contributed by atoms with E-state index in [-0.39, 0.29) is 25.7 Å². The van der Waals surface area contributed by atoms with E-state index in [0.29, 0.717) is 25.7 Å². The van der Waals surface area contributed by atoms with Crippen molar-refractivity contribution in [2.45, 2.75) is 367 Å². The lowest BCUT2D eigenvalue weighted by atomic mass is 10.0. The van der Waals surface area contributed by atoms with Crippen LogP contribution in [0.3, 0.4) is 0 Å². The Morgan fingerprint density at radius 3 is 0.686 bits per heavy atom. The van der Waals surface area contributed by atoms with Crippen LogP contribution in [0.25, 0.3) is 0 Å². The molecule has 19 heteroatoms. The summed E-state index contributed by atoms with van der Waals surface area (Å²) >= 11 is 0. The van der Waals surface area contributed by atoms with E-state index in [0.717, 1.165) is 109 Å². The Kier molecular flexibility index (Phi) is 60.5. The molecule has 0 spiro atoms. The lowest BCUT2D eigenvalue weighted by molar-refractivity contribution is -0.161. The number of hydrogen-bond acceptors (Lipinski definition) is 15. The minimum atomic E-state index is -4.94. The second kappa shape index (κ2) is 61.9. The van der Waals surface area contributed by atoms with Gasteiger partial charge in [0, 0.05) is 25.7 Å². The first-order valence-electron chi connectivity index (χ1n) is 35.3. The van der Waals surface area contributed by atoms with Crippen molar-refractivity contribution in [2.75, 3.05) is 39.6 Å². The first-order valence-corrected chi connectivity index (χ1v) is 38.3. The molecule has 0 amide bonds. The molecule has 0 bridgehead atoms. The molecule has 0 heterocycles. The largest absolute Gasteiger partial charge is 0.472 e. The second-order valence-corrected chi connectivity index (χ2v) is 27.1. The van der Waals surface area contributed by atoms with Crippen molar-refractivity contribution in [3.05, 3.63) is 0 Å².